The molecule has 0 radical (unpaired) electrons. The molecule has 0 aliphatic rings. The van der Waals surface area contributed by atoms with Gasteiger partial charge in [0, 0.05) is 0 Å². The summed E-state index contributed by atoms with van der Waals surface area (Å²) in [7, 11) is 2.19. The zero-order valence-corrected chi connectivity index (χ0v) is 11.4. The van der Waals surface area contributed by atoms with E-state index >= 15 is 0 Å². The predicted molar refractivity (Wildman–Crippen MR) is 72.0 cm³/mol. The zero-order valence-electron chi connectivity index (χ0n) is 11.4. The lowest BCUT2D eigenvalue weighted by molar-refractivity contribution is 0.307. The lowest BCUT2D eigenvalue weighted by Gasteiger charge is -2.28. The average molecular weight is 219 g/mol. The summed E-state index contributed by atoms with van der Waals surface area (Å²) in [5.74, 6) is 0. The van der Waals surface area contributed by atoms with Gasteiger partial charge >= 0.3 is 0 Å². The minimum absolute atomic E-state index is 0.275. The summed E-state index contributed by atoms with van der Waals surface area (Å²) in [5, 5.41) is 0. The molecule has 1 aromatic carbocycles. The fourth-order valence-corrected chi connectivity index (χ4v) is 1.78. The fourth-order valence-electron chi connectivity index (χ4n) is 1.78. The third-order valence-corrected chi connectivity index (χ3v) is 3.49. The molecule has 0 aromatic heterocycles. The van der Waals surface area contributed by atoms with E-state index in [0.29, 0.717) is 0 Å². The van der Waals surface area contributed by atoms with Gasteiger partial charge < -0.3 is 4.90 Å². The summed E-state index contributed by atoms with van der Waals surface area (Å²) in [6, 6.07) is 8.95. The number of nitrogens with zero attached hydrogens (tertiary/aromatic N) is 1. The van der Waals surface area contributed by atoms with Crippen LogP contribution >= 0.6 is 0 Å². The molecule has 0 spiro atoms. The van der Waals surface area contributed by atoms with Gasteiger partial charge in [0.15, 0.2) is 0 Å². The summed E-state index contributed by atoms with van der Waals surface area (Å²) in [4.78, 5) is 2.37. The Morgan fingerprint density at radius 2 is 1.69 bits per heavy atom. The smallest absolute Gasteiger partial charge is 0.00136 e. The van der Waals surface area contributed by atoms with Gasteiger partial charge in [-0.2, -0.15) is 0 Å². The van der Waals surface area contributed by atoms with Gasteiger partial charge in [-0.3, -0.25) is 0 Å². The second-order valence-electron chi connectivity index (χ2n) is 5.40. The molecule has 0 bridgehead atoms. The highest BCUT2D eigenvalue weighted by molar-refractivity contribution is 5.27. The largest absolute Gasteiger partial charge is 0.307 e. The van der Waals surface area contributed by atoms with Gasteiger partial charge in [-0.05, 0) is 44.5 Å². The van der Waals surface area contributed by atoms with Crippen molar-refractivity contribution in [1.29, 1.82) is 0 Å². The van der Waals surface area contributed by atoms with E-state index in [0.717, 1.165) is 13.1 Å². The molecule has 16 heavy (non-hydrogen) atoms. The summed E-state index contributed by atoms with van der Waals surface area (Å²) < 4.78 is 0. The van der Waals surface area contributed by atoms with Crippen molar-refractivity contribution in [3.8, 4) is 0 Å². The Morgan fingerprint density at radius 1 is 1.12 bits per heavy atom. The molecule has 90 valence electrons. The van der Waals surface area contributed by atoms with Gasteiger partial charge in [0.2, 0.25) is 0 Å². The lowest BCUT2D eigenvalue weighted by atomic mass is 9.81. The van der Waals surface area contributed by atoms with Gasteiger partial charge in [0.1, 0.15) is 0 Å². The molecule has 0 aliphatic carbocycles. The van der Waals surface area contributed by atoms with Crippen LogP contribution in [-0.4, -0.2) is 25.0 Å². The Hall–Kier alpha value is -0.820. The molecular weight excluding hydrogens is 194 g/mol. The summed E-state index contributed by atoms with van der Waals surface area (Å²) in [6.07, 6.45) is 1.21. The molecule has 0 unspecified atom stereocenters. The Labute approximate surface area is 100 Å². The highest BCUT2D eigenvalue weighted by Crippen LogP contribution is 2.27. The molecule has 1 aromatic rings. The molecule has 1 nitrogen and oxygen atoms in total. The monoisotopic (exact) mass is 219 g/mol. The maximum Gasteiger partial charge on any atom is -0.00136 e. The molecule has 0 saturated heterocycles. The first kappa shape index (κ1) is 13.2. The van der Waals surface area contributed by atoms with Gasteiger partial charge in [0.05, 0.1) is 0 Å². The van der Waals surface area contributed by atoms with Crippen LogP contribution in [0.15, 0.2) is 24.3 Å². The Bertz CT molecular complexity index is 311. The molecule has 0 N–H and O–H groups in total. The van der Waals surface area contributed by atoms with Gasteiger partial charge in [-0.25, -0.2) is 0 Å². The van der Waals surface area contributed by atoms with Gasteiger partial charge in [-0.15, -0.1) is 0 Å². The minimum Gasteiger partial charge on any atom is -0.307 e. The molecule has 0 amide bonds. The van der Waals surface area contributed by atoms with Crippen LogP contribution in [0.2, 0.25) is 0 Å². The minimum atomic E-state index is 0.275. The summed E-state index contributed by atoms with van der Waals surface area (Å²) >= 11 is 0. The van der Waals surface area contributed by atoms with Crippen molar-refractivity contribution in [2.24, 2.45) is 0 Å². The van der Waals surface area contributed by atoms with E-state index in [1.54, 1.807) is 0 Å². The predicted octanol–water partition coefficient (Wildman–Crippen LogP) is 3.61. The normalized spacial score (nSPS) is 12.1. The van der Waals surface area contributed by atoms with Gasteiger partial charge in [0.25, 0.3) is 0 Å². The number of aryl methyl sites for hydroxylation is 1. The first-order valence-electron chi connectivity index (χ1n) is 6.21. The second kappa shape index (κ2) is 5.49. The van der Waals surface area contributed by atoms with E-state index in [4.69, 9.17) is 0 Å². The van der Waals surface area contributed by atoms with Crippen molar-refractivity contribution in [3.05, 3.63) is 35.4 Å². The molecule has 0 heterocycles. The first-order valence-corrected chi connectivity index (χ1v) is 6.21. The molecule has 1 heteroatoms. The van der Waals surface area contributed by atoms with Gasteiger partial charge in [-0.1, -0.05) is 50.6 Å². The maximum atomic E-state index is 2.37. The van der Waals surface area contributed by atoms with Crippen molar-refractivity contribution in [2.45, 2.75) is 39.5 Å². The Kier molecular flexibility index (Phi) is 4.55. The summed E-state index contributed by atoms with van der Waals surface area (Å²) in [6.45, 7) is 11.3. The van der Waals surface area contributed by atoms with E-state index in [2.05, 4.69) is 63.9 Å². The van der Waals surface area contributed by atoms with Crippen LogP contribution in [0.25, 0.3) is 0 Å². The van der Waals surface area contributed by atoms with Crippen molar-refractivity contribution in [3.63, 3.8) is 0 Å². The SMILES string of the molecule is CCN(C)CCC(C)(C)c1ccc(C)cc1. The molecule has 0 saturated carbocycles. The number of rotatable bonds is 5. The fraction of sp³-hybridized carbons (Fsp3) is 0.600. The third-order valence-electron chi connectivity index (χ3n) is 3.49. The van der Waals surface area contributed by atoms with E-state index in [-0.39, 0.29) is 5.41 Å². The van der Waals surface area contributed by atoms with Crippen LogP contribution in [0, 0.1) is 6.92 Å². The average Bonchev–Trinajstić information content (AvgIpc) is 2.26. The number of benzene rings is 1. The van der Waals surface area contributed by atoms with Crippen LogP contribution in [0.4, 0.5) is 0 Å². The summed E-state index contributed by atoms with van der Waals surface area (Å²) in [5.41, 5.74) is 3.06. The maximum absolute atomic E-state index is 2.37. The zero-order chi connectivity index (χ0) is 12.2. The molecule has 1 rings (SSSR count). The van der Waals surface area contributed by atoms with E-state index in [1.807, 2.05) is 0 Å². The Balaban J connectivity index is 2.66. The highest BCUT2D eigenvalue weighted by atomic mass is 15.1. The van der Waals surface area contributed by atoms with Crippen LogP contribution in [0.3, 0.4) is 0 Å². The molecular formula is C15H25N. The van der Waals surface area contributed by atoms with Crippen molar-refractivity contribution >= 4 is 0 Å². The molecule has 0 aliphatic heterocycles. The quantitative estimate of drug-likeness (QED) is 0.731. The van der Waals surface area contributed by atoms with Crippen LogP contribution in [-0.2, 0) is 5.41 Å². The van der Waals surface area contributed by atoms with E-state index in [1.165, 1.54) is 17.5 Å². The standard InChI is InChI=1S/C15H25N/c1-6-16(5)12-11-15(3,4)14-9-7-13(2)8-10-14/h7-10H,6,11-12H2,1-5H3. The topological polar surface area (TPSA) is 3.24 Å². The van der Waals surface area contributed by atoms with Crippen LogP contribution in [0.1, 0.15) is 38.3 Å². The third kappa shape index (κ3) is 3.64. The number of hydrogen-bond acceptors (Lipinski definition) is 1. The first-order chi connectivity index (χ1) is 7.45. The Morgan fingerprint density at radius 3 is 2.19 bits per heavy atom. The number of hydrogen-bond donors (Lipinski definition) is 0. The highest BCUT2D eigenvalue weighted by Gasteiger charge is 2.20. The molecule has 0 atom stereocenters. The van der Waals surface area contributed by atoms with Crippen LogP contribution in [0.5, 0.6) is 0 Å². The van der Waals surface area contributed by atoms with E-state index < -0.39 is 0 Å². The second-order valence-corrected chi connectivity index (χ2v) is 5.40. The van der Waals surface area contributed by atoms with Crippen molar-refractivity contribution in [2.75, 3.05) is 20.1 Å². The lowest BCUT2D eigenvalue weighted by Crippen LogP contribution is -2.27. The van der Waals surface area contributed by atoms with Crippen molar-refractivity contribution in [1.82, 2.24) is 4.90 Å². The molecule has 0 fully saturated rings. The van der Waals surface area contributed by atoms with E-state index in [9.17, 15) is 0 Å². The van der Waals surface area contributed by atoms with Crippen LogP contribution < -0.4 is 0 Å². The van der Waals surface area contributed by atoms with Crippen molar-refractivity contribution < 1.29 is 0 Å².